The Morgan fingerprint density at radius 3 is 2.19 bits per heavy atom. The van der Waals surface area contributed by atoms with E-state index in [0.29, 0.717) is 12.1 Å². The Balaban J connectivity index is 4.34. The lowest BCUT2D eigenvalue weighted by molar-refractivity contribution is 0.110. The predicted molar refractivity (Wildman–Crippen MR) is 70.8 cm³/mol. The summed E-state index contributed by atoms with van der Waals surface area (Å²) in [7, 11) is 2.17. The Hall–Kier alpha value is -0.120. The van der Waals surface area contributed by atoms with E-state index in [0.717, 1.165) is 19.4 Å². The standard InChI is InChI=1S/C13H30N2O/c1-7-11(3)15(6)12(4)9-13(5,10-16)14-8-2/h11-12,14,16H,7-10H2,1-6H3. The molecule has 0 aliphatic carbocycles. The highest BCUT2D eigenvalue weighted by atomic mass is 16.3. The van der Waals surface area contributed by atoms with Gasteiger partial charge in [-0.1, -0.05) is 13.8 Å². The summed E-state index contributed by atoms with van der Waals surface area (Å²) in [6, 6.07) is 1.07. The average molecular weight is 230 g/mol. The van der Waals surface area contributed by atoms with E-state index in [1.807, 2.05) is 0 Å². The summed E-state index contributed by atoms with van der Waals surface area (Å²) in [6.45, 7) is 12.0. The molecule has 16 heavy (non-hydrogen) atoms. The average Bonchev–Trinajstić information content (AvgIpc) is 2.27. The Labute approximate surface area is 101 Å². The van der Waals surface area contributed by atoms with Crippen LogP contribution < -0.4 is 5.32 Å². The summed E-state index contributed by atoms with van der Waals surface area (Å²) in [5.41, 5.74) is -0.157. The number of aliphatic hydroxyl groups is 1. The summed E-state index contributed by atoms with van der Waals surface area (Å²) in [5.74, 6) is 0. The molecule has 0 aromatic rings. The molecule has 0 saturated carbocycles. The Morgan fingerprint density at radius 2 is 1.81 bits per heavy atom. The Kier molecular flexibility index (Phi) is 7.20. The molecule has 3 unspecified atom stereocenters. The third-order valence-corrected chi connectivity index (χ3v) is 3.68. The number of rotatable bonds is 8. The van der Waals surface area contributed by atoms with Crippen molar-refractivity contribution in [2.75, 3.05) is 20.2 Å². The normalized spacial score (nSPS) is 19.5. The van der Waals surface area contributed by atoms with Crippen LogP contribution in [0.5, 0.6) is 0 Å². The van der Waals surface area contributed by atoms with Gasteiger partial charge in [0, 0.05) is 17.6 Å². The van der Waals surface area contributed by atoms with Gasteiger partial charge in [0.05, 0.1) is 6.61 Å². The molecule has 0 fully saturated rings. The third-order valence-electron chi connectivity index (χ3n) is 3.68. The van der Waals surface area contributed by atoms with Gasteiger partial charge in [0.25, 0.3) is 0 Å². The minimum absolute atomic E-state index is 0.157. The van der Waals surface area contributed by atoms with Crippen LogP contribution in [0.4, 0.5) is 0 Å². The van der Waals surface area contributed by atoms with E-state index in [1.165, 1.54) is 0 Å². The molecule has 0 aromatic heterocycles. The highest BCUT2D eigenvalue weighted by molar-refractivity contribution is 4.87. The predicted octanol–water partition coefficient (Wildman–Crippen LogP) is 1.86. The zero-order valence-electron chi connectivity index (χ0n) is 11.9. The number of aliphatic hydroxyl groups excluding tert-OH is 1. The van der Waals surface area contributed by atoms with Gasteiger partial charge < -0.3 is 15.3 Å². The van der Waals surface area contributed by atoms with Gasteiger partial charge in [-0.15, -0.1) is 0 Å². The minimum Gasteiger partial charge on any atom is -0.394 e. The first kappa shape index (κ1) is 15.9. The molecule has 0 aliphatic heterocycles. The highest BCUT2D eigenvalue weighted by Gasteiger charge is 2.27. The molecule has 0 aliphatic rings. The van der Waals surface area contributed by atoms with Gasteiger partial charge in [-0.05, 0) is 47.2 Å². The molecule has 0 amide bonds. The quantitative estimate of drug-likeness (QED) is 0.668. The van der Waals surface area contributed by atoms with E-state index in [4.69, 9.17) is 0 Å². The van der Waals surface area contributed by atoms with Crippen LogP contribution in [0.25, 0.3) is 0 Å². The fourth-order valence-corrected chi connectivity index (χ4v) is 2.14. The van der Waals surface area contributed by atoms with Crippen LogP contribution in [0.1, 0.15) is 47.5 Å². The van der Waals surface area contributed by atoms with Crippen molar-refractivity contribution >= 4 is 0 Å². The monoisotopic (exact) mass is 230 g/mol. The van der Waals surface area contributed by atoms with Crippen LogP contribution in [-0.2, 0) is 0 Å². The van der Waals surface area contributed by atoms with Crippen molar-refractivity contribution in [1.82, 2.24) is 10.2 Å². The molecule has 0 rings (SSSR count). The smallest absolute Gasteiger partial charge is 0.0611 e. The number of nitrogens with zero attached hydrogens (tertiary/aromatic N) is 1. The summed E-state index contributed by atoms with van der Waals surface area (Å²) in [5, 5.41) is 12.8. The lowest BCUT2D eigenvalue weighted by Crippen LogP contribution is -2.51. The minimum atomic E-state index is -0.157. The lowest BCUT2D eigenvalue weighted by atomic mass is 9.93. The van der Waals surface area contributed by atoms with Crippen LogP contribution >= 0.6 is 0 Å². The van der Waals surface area contributed by atoms with Crippen molar-refractivity contribution in [3.63, 3.8) is 0 Å². The summed E-state index contributed by atoms with van der Waals surface area (Å²) in [6.07, 6.45) is 2.13. The summed E-state index contributed by atoms with van der Waals surface area (Å²) in [4.78, 5) is 2.39. The maximum atomic E-state index is 9.46. The molecule has 0 saturated heterocycles. The van der Waals surface area contributed by atoms with E-state index in [2.05, 4.69) is 51.9 Å². The first-order valence-corrected chi connectivity index (χ1v) is 6.48. The van der Waals surface area contributed by atoms with Gasteiger partial charge in [-0.25, -0.2) is 0 Å². The first-order valence-electron chi connectivity index (χ1n) is 6.48. The first-order chi connectivity index (χ1) is 7.40. The number of hydrogen-bond donors (Lipinski definition) is 2. The van der Waals surface area contributed by atoms with Gasteiger partial charge in [0.2, 0.25) is 0 Å². The number of nitrogens with one attached hydrogen (secondary N) is 1. The molecule has 3 atom stereocenters. The van der Waals surface area contributed by atoms with E-state index in [9.17, 15) is 5.11 Å². The van der Waals surface area contributed by atoms with Crippen molar-refractivity contribution < 1.29 is 5.11 Å². The van der Waals surface area contributed by atoms with E-state index < -0.39 is 0 Å². The van der Waals surface area contributed by atoms with Gasteiger partial charge in [-0.3, -0.25) is 0 Å². The largest absolute Gasteiger partial charge is 0.394 e. The molecule has 3 nitrogen and oxygen atoms in total. The molecule has 0 spiro atoms. The summed E-state index contributed by atoms with van der Waals surface area (Å²) < 4.78 is 0. The van der Waals surface area contributed by atoms with Crippen LogP contribution in [0.3, 0.4) is 0 Å². The van der Waals surface area contributed by atoms with Crippen LogP contribution in [0.2, 0.25) is 0 Å². The topological polar surface area (TPSA) is 35.5 Å². The lowest BCUT2D eigenvalue weighted by Gasteiger charge is -2.37. The third kappa shape index (κ3) is 4.81. The maximum absolute atomic E-state index is 9.46. The van der Waals surface area contributed by atoms with Crippen LogP contribution in [0, 0.1) is 0 Å². The second kappa shape index (κ2) is 7.25. The molecule has 0 aromatic carbocycles. The van der Waals surface area contributed by atoms with Crippen LogP contribution in [0.15, 0.2) is 0 Å². The van der Waals surface area contributed by atoms with E-state index >= 15 is 0 Å². The molecule has 0 bridgehead atoms. The van der Waals surface area contributed by atoms with E-state index in [1.54, 1.807) is 0 Å². The van der Waals surface area contributed by atoms with Crippen molar-refractivity contribution in [1.29, 1.82) is 0 Å². The zero-order valence-corrected chi connectivity index (χ0v) is 11.9. The number of likely N-dealkylation sites (N-methyl/N-ethyl adjacent to an activating group) is 1. The summed E-state index contributed by atoms with van der Waals surface area (Å²) >= 11 is 0. The van der Waals surface area contributed by atoms with E-state index in [-0.39, 0.29) is 12.1 Å². The molecule has 0 radical (unpaired) electrons. The SMILES string of the molecule is CCNC(C)(CO)CC(C)N(C)C(C)CC. The van der Waals surface area contributed by atoms with Crippen molar-refractivity contribution in [3.05, 3.63) is 0 Å². The highest BCUT2D eigenvalue weighted by Crippen LogP contribution is 2.17. The second-order valence-corrected chi connectivity index (χ2v) is 5.22. The number of hydrogen-bond acceptors (Lipinski definition) is 3. The fourth-order valence-electron chi connectivity index (χ4n) is 2.14. The Bertz CT molecular complexity index is 187. The molecular formula is C13H30N2O. The van der Waals surface area contributed by atoms with Gasteiger partial charge in [0.1, 0.15) is 0 Å². The molecule has 3 heteroatoms. The molecule has 0 heterocycles. The van der Waals surface area contributed by atoms with Crippen LogP contribution in [-0.4, -0.2) is 47.8 Å². The van der Waals surface area contributed by atoms with Crippen molar-refractivity contribution in [2.24, 2.45) is 0 Å². The maximum Gasteiger partial charge on any atom is 0.0611 e. The zero-order chi connectivity index (χ0) is 12.8. The Morgan fingerprint density at radius 1 is 1.25 bits per heavy atom. The molecule has 2 N–H and O–H groups in total. The molecule has 98 valence electrons. The van der Waals surface area contributed by atoms with Crippen molar-refractivity contribution in [3.8, 4) is 0 Å². The van der Waals surface area contributed by atoms with Crippen molar-refractivity contribution in [2.45, 2.75) is 65.1 Å². The second-order valence-electron chi connectivity index (χ2n) is 5.22. The molecular weight excluding hydrogens is 200 g/mol. The fraction of sp³-hybridized carbons (Fsp3) is 1.00. The van der Waals surface area contributed by atoms with Gasteiger partial charge in [-0.2, -0.15) is 0 Å². The van der Waals surface area contributed by atoms with Gasteiger partial charge in [0.15, 0.2) is 0 Å². The van der Waals surface area contributed by atoms with Gasteiger partial charge >= 0.3 is 0 Å².